The quantitative estimate of drug-likeness (QED) is 0.656. The number of fused-ring (bicyclic) bond motifs is 1. The summed E-state index contributed by atoms with van der Waals surface area (Å²) < 4.78 is 2.34. The first-order valence-electron chi connectivity index (χ1n) is 4.84. The molecule has 0 bridgehead atoms. The van der Waals surface area contributed by atoms with Crippen molar-refractivity contribution in [3.63, 3.8) is 0 Å². The van der Waals surface area contributed by atoms with Crippen LogP contribution in [0.4, 0.5) is 11.9 Å². The van der Waals surface area contributed by atoms with Crippen LogP contribution in [-0.4, -0.2) is 24.7 Å². The van der Waals surface area contributed by atoms with E-state index in [0.717, 1.165) is 15.8 Å². The second kappa shape index (κ2) is 3.39. The van der Waals surface area contributed by atoms with Gasteiger partial charge in [-0.3, -0.25) is 0 Å². The van der Waals surface area contributed by atoms with E-state index in [2.05, 4.69) is 20.1 Å². The molecule has 86 valence electrons. The normalized spacial score (nSPS) is 11.1. The van der Waals surface area contributed by atoms with Crippen molar-refractivity contribution in [1.29, 1.82) is 0 Å². The second-order valence-electron chi connectivity index (χ2n) is 3.53. The summed E-state index contributed by atoms with van der Waals surface area (Å²) in [6.45, 7) is 1.99. The number of nitrogens with zero attached hydrogens (tertiary/aromatic N) is 5. The number of aryl methyl sites for hydroxylation is 1. The van der Waals surface area contributed by atoms with Gasteiger partial charge >= 0.3 is 0 Å². The summed E-state index contributed by atoms with van der Waals surface area (Å²) in [6.07, 6.45) is 1.48. The van der Waals surface area contributed by atoms with Gasteiger partial charge in [-0.1, -0.05) is 0 Å². The van der Waals surface area contributed by atoms with Crippen molar-refractivity contribution in [2.24, 2.45) is 0 Å². The zero-order chi connectivity index (χ0) is 12.0. The van der Waals surface area contributed by atoms with Crippen LogP contribution >= 0.6 is 11.3 Å². The molecule has 3 aromatic heterocycles. The Morgan fingerprint density at radius 2 is 2.12 bits per heavy atom. The molecule has 3 aromatic rings. The highest BCUT2D eigenvalue weighted by atomic mass is 32.1. The highest BCUT2D eigenvalue weighted by Gasteiger charge is 2.14. The van der Waals surface area contributed by atoms with Gasteiger partial charge in [0, 0.05) is 0 Å². The molecule has 7 nitrogen and oxygen atoms in total. The molecular weight excluding hydrogens is 238 g/mol. The summed E-state index contributed by atoms with van der Waals surface area (Å²) in [6, 6.07) is 0. The van der Waals surface area contributed by atoms with Crippen LogP contribution in [0.1, 0.15) is 5.56 Å². The first-order chi connectivity index (χ1) is 8.16. The lowest BCUT2D eigenvalue weighted by molar-refractivity contribution is 0.866. The van der Waals surface area contributed by atoms with Crippen LogP contribution in [-0.2, 0) is 0 Å². The van der Waals surface area contributed by atoms with Gasteiger partial charge in [-0.15, -0.1) is 16.4 Å². The molecule has 4 N–H and O–H groups in total. The van der Waals surface area contributed by atoms with Crippen molar-refractivity contribution in [3.8, 4) is 5.82 Å². The van der Waals surface area contributed by atoms with Gasteiger partial charge in [-0.05, 0) is 17.9 Å². The average Bonchev–Trinajstić information content (AvgIpc) is 2.83. The Balaban J connectivity index is 2.34. The Kier molecular flexibility index (Phi) is 1.99. The molecule has 8 heteroatoms. The van der Waals surface area contributed by atoms with Gasteiger partial charge in [-0.25, -0.2) is 9.97 Å². The first kappa shape index (κ1) is 9.97. The molecule has 0 aliphatic carbocycles. The fraction of sp³-hybridized carbons (Fsp3) is 0.111. The lowest BCUT2D eigenvalue weighted by Crippen LogP contribution is -2.05. The number of hydrogen-bond donors (Lipinski definition) is 2. The van der Waals surface area contributed by atoms with E-state index >= 15 is 0 Å². The number of anilines is 2. The van der Waals surface area contributed by atoms with Crippen molar-refractivity contribution in [2.45, 2.75) is 6.92 Å². The zero-order valence-electron chi connectivity index (χ0n) is 8.95. The van der Waals surface area contributed by atoms with Crippen LogP contribution in [0.3, 0.4) is 0 Å². The number of rotatable bonds is 1. The Morgan fingerprint density at radius 1 is 1.29 bits per heavy atom. The molecule has 0 aliphatic heterocycles. The predicted octanol–water partition coefficient (Wildman–Crippen LogP) is 0.745. The number of nitrogen functional groups attached to an aromatic ring is 2. The van der Waals surface area contributed by atoms with Gasteiger partial charge in [-0.2, -0.15) is 9.67 Å². The van der Waals surface area contributed by atoms with Crippen LogP contribution < -0.4 is 11.5 Å². The molecule has 0 aromatic carbocycles. The molecule has 0 atom stereocenters. The minimum Gasteiger partial charge on any atom is -0.368 e. The molecule has 17 heavy (non-hydrogen) atoms. The summed E-state index contributed by atoms with van der Waals surface area (Å²) in [5.74, 6) is 0.950. The van der Waals surface area contributed by atoms with Crippen LogP contribution in [0.15, 0.2) is 11.7 Å². The lowest BCUT2D eigenvalue weighted by Gasteiger charge is -2.01. The largest absolute Gasteiger partial charge is 0.368 e. The Bertz CT molecular complexity index is 699. The summed E-state index contributed by atoms with van der Waals surface area (Å²) in [4.78, 5) is 12.3. The van der Waals surface area contributed by atoms with Crippen molar-refractivity contribution in [1.82, 2.24) is 24.7 Å². The van der Waals surface area contributed by atoms with E-state index in [1.165, 1.54) is 11.0 Å². The molecular formula is C9H9N7S. The van der Waals surface area contributed by atoms with E-state index in [-0.39, 0.29) is 11.9 Å². The lowest BCUT2D eigenvalue weighted by atomic mass is 10.3. The number of nitrogens with two attached hydrogens (primary N) is 2. The van der Waals surface area contributed by atoms with Crippen molar-refractivity contribution in [2.75, 3.05) is 11.5 Å². The van der Waals surface area contributed by atoms with Gasteiger partial charge in [0.05, 0.1) is 10.2 Å². The minimum absolute atomic E-state index is 0.127. The van der Waals surface area contributed by atoms with E-state index in [1.54, 1.807) is 11.3 Å². The van der Waals surface area contributed by atoms with E-state index in [9.17, 15) is 0 Å². The molecule has 3 rings (SSSR count). The van der Waals surface area contributed by atoms with Crippen LogP contribution in [0, 0.1) is 6.92 Å². The Hall–Kier alpha value is -2.22. The van der Waals surface area contributed by atoms with E-state index in [4.69, 9.17) is 11.5 Å². The third-order valence-electron chi connectivity index (χ3n) is 2.36. The summed E-state index contributed by atoms with van der Waals surface area (Å²) >= 11 is 1.54. The minimum atomic E-state index is 0.127. The van der Waals surface area contributed by atoms with Gasteiger partial charge in [0.1, 0.15) is 6.33 Å². The molecule has 0 saturated carbocycles. The molecule has 0 radical (unpaired) electrons. The van der Waals surface area contributed by atoms with Crippen LogP contribution in [0.5, 0.6) is 0 Å². The highest BCUT2D eigenvalue weighted by Crippen LogP contribution is 2.28. The fourth-order valence-electron chi connectivity index (χ4n) is 1.60. The topological polar surface area (TPSA) is 109 Å². The van der Waals surface area contributed by atoms with E-state index in [0.29, 0.717) is 5.82 Å². The number of aromatic nitrogens is 5. The van der Waals surface area contributed by atoms with Crippen LogP contribution in [0.2, 0.25) is 0 Å². The van der Waals surface area contributed by atoms with Crippen molar-refractivity contribution in [3.05, 3.63) is 17.3 Å². The van der Waals surface area contributed by atoms with Gasteiger partial charge in [0.15, 0.2) is 5.82 Å². The van der Waals surface area contributed by atoms with Gasteiger partial charge in [0.2, 0.25) is 11.9 Å². The molecule has 0 saturated heterocycles. The SMILES string of the molecule is Cc1csc2c(-n3nc(N)nc3N)ncnc12. The maximum Gasteiger partial charge on any atom is 0.241 e. The van der Waals surface area contributed by atoms with E-state index in [1.807, 2.05) is 12.3 Å². The van der Waals surface area contributed by atoms with Gasteiger partial charge < -0.3 is 11.5 Å². The summed E-state index contributed by atoms with van der Waals surface area (Å²) in [7, 11) is 0. The molecule has 0 amide bonds. The third kappa shape index (κ3) is 1.41. The maximum atomic E-state index is 5.72. The molecule has 0 unspecified atom stereocenters. The smallest absolute Gasteiger partial charge is 0.241 e. The second-order valence-corrected chi connectivity index (χ2v) is 4.41. The standard InChI is InChI=1S/C9H9N7S/c1-4-2-17-6-5(4)12-3-13-7(6)16-9(11)14-8(10)15-16/h2-3H,1H3,(H4,10,11,14,15). The summed E-state index contributed by atoms with van der Waals surface area (Å²) in [5.41, 5.74) is 13.2. The molecule has 0 fully saturated rings. The van der Waals surface area contributed by atoms with E-state index < -0.39 is 0 Å². The monoisotopic (exact) mass is 247 g/mol. The Labute approximate surface area is 100 Å². The maximum absolute atomic E-state index is 5.72. The molecule has 0 aliphatic rings. The average molecular weight is 247 g/mol. The fourth-order valence-corrected chi connectivity index (χ4v) is 2.58. The summed E-state index contributed by atoms with van der Waals surface area (Å²) in [5, 5.41) is 6.03. The van der Waals surface area contributed by atoms with Crippen molar-refractivity contribution < 1.29 is 0 Å². The number of hydrogen-bond acceptors (Lipinski definition) is 7. The molecule has 0 spiro atoms. The molecule has 3 heterocycles. The number of thiophene rings is 1. The third-order valence-corrected chi connectivity index (χ3v) is 3.44. The zero-order valence-corrected chi connectivity index (χ0v) is 9.77. The highest BCUT2D eigenvalue weighted by molar-refractivity contribution is 7.17. The van der Waals surface area contributed by atoms with Crippen LogP contribution in [0.25, 0.3) is 16.0 Å². The van der Waals surface area contributed by atoms with Crippen molar-refractivity contribution >= 4 is 33.5 Å². The van der Waals surface area contributed by atoms with Gasteiger partial charge in [0.25, 0.3) is 0 Å². The Morgan fingerprint density at radius 3 is 2.82 bits per heavy atom. The first-order valence-corrected chi connectivity index (χ1v) is 5.72. The predicted molar refractivity (Wildman–Crippen MR) is 65.9 cm³/mol.